The maximum atomic E-state index is 12.0. The van der Waals surface area contributed by atoms with Crippen molar-refractivity contribution in [2.45, 2.75) is 11.3 Å². The van der Waals surface area contributed by atoms with Gasteiger partial charge in [0.05, 0.1) is 23.9 Å². The number of benzene rings is 1. The Bertz CT molecular complexity index is 674. The molecule has 1 aliphatic heterocycles. The minimum Gasteiger partial charge on any atom is -0.390 e. The number of ketones is 1. The van der Waals surface area contributed by atoms with E-state index in [4.69, 9.17) is 0 Å². The third kappa shape index (κ3) is 2.67. The van der Waals surface area contributed by atoms with Crippen LogP contribution in [-0.2, 0) is 4.79 Å². The molecule has 0 saturated heterocycles. The molecule has 7 nitrogen and oxygen atoms in total. The maximum Gasteiger partial charge on any atom is 0.299 e. The number of amides is 1. The third-order valence-electron chi connectivity index (χ3n) is 3.08. The van der Waals surface area contributed by atoms with Crippen LogP contribution in [0.2, 0.25) is 0 Å². The van der Waals surface area contributed by atoms with Gasteiger partial charge >= 0.3 is 0 Å². The number of aromatic nitrogens is 3. The zero-order chi connectivity index (χ0) is 14.8. The summed E-state index contributed by atoms with van der Waals surface area (Å²) in [5.41, 5.74) is 0.939. The molecule has 0 bridgehead atoms. The minimum atomic E-state index is -0.775. The van der Waals surface area contributed by atoms with Gasteiger partial charge in [-0.2, -0.15) is 5.10 Å². The molecule has 3 rings (SSSR count). The first-order valence-corrected chi connectivity index (χ1v) is 7.27. The molecular formula is C13H12N4O3S. The molecule has 0 radical (unpaired) electrons. The number of thioether (sulfide) groups is 1. The molecule has 2 heterocycles. The van der Waals surface area contributed by atoms with Gasteiger partial charge in [0, 0.05) is 5.75 Å². The molecule has 2 aromatic rings. The number of hydrogen-bond acceptors (Lipinski definition) is 6. The highest BCUT2D eigenvalue weighted by atomic mass is 32.2. The number of Topliss-reactive ketones (excluding diaryl/α,β-unsaturated/α-hetero) is 1. The quantitative estimate of drug-likeness (QED) is 0.616. The van der Waals surface area contributed by atoms with Gasteiger partial charge in [0.25, 0.3) is 11.7 Å². The number of anilines is 1. The number of nitrogens with zero attached hydrogens (tertiary/aromatic N) is 3. The van der Waals surface area contributed by atoms with Crippen LogP contribution in [0.15, 0.2) is 35.7 Å². The van der Waals surface area contributed by atoms with Gasteiger partial charge in [0.2, 0.25) is 0 Å². The Kier molecular flexibility index (Phi) is 3.72. The van der Waals surface area contributed by atoms with Crippen LogP contribution in [0.5, 0.6) is 0 Å². The Labute approximate surface area is 124 Å². The summed E-state index contributed by atoms with van der Waals surface area (Å²) in [7, 11) is 0. The first kappa shape index (κ1) is 13.8. The molecule has 1 amide bonds. The molecule has 1 unspecified atom stereocenters. The zero-order valence-electron chi connectivity index (χ0n) is 10.9. The van der Waals surface area contributed by atoms with Gasteiger partial charge in [0.15, 0.2) is 5.16 Å². The molecule has 21 heavy (non-hydrogen) atoms. The second-order valence-electron chi connectivity index (χ2n) is 4.52. The van der Waals surface area contributed by atoms with Gasteiger partial charge in [0.1, 0.15) is 6.33 Å². The van der Waals surface area contributed by atoms with E-state index in [1.807, 2.05) is 0 Å². The smallest absolute Gasteiger partial charge is 0.299 e. The van der Waals surface area contributed by atoms with Crippen LogP contribution in [0.25, 0.3) is 0 Å². The van der Waals surface area contributed by atoms with Crippen LogP contribution in [0.4, 0.5) is 5.69 Å². The standard InChI is InChI=1S/C13H12N4O3S/c18-8(6-21-13-14-7-15-16-13)5-17-10-4-2-1-3-9(10)11(19)12(17)20/h1-4,7-8,18H,5-6H2,(H,14,15,16). The van der Waals surface area contributed by atoms with Crippen LogP contribution < -0.4 is 4.90 Å². The molecular weight excluding hydrogens is 292 g/mol. The van der Waals surface area contributed by atoms with E-state index in [9.17, 15) is 14.7 Å². The third-order valence-corrected chi connectivity index (χ3v) is 4.10. The second kappa shape index (κ2) is 5.66. The number of aliphatic hydroxyl groups is 1. The molecule has 108 valence electrons. The van der Waals surface area contributed by atoms with Crippen molar-refractivity contribution >= 4 is 29.1 Å². The number of aliphatic hydroxyl groups excluding tert-OH is 1. The Hall–Kier alpha value is -2.19. The van der Waals surface area contributed by atoms with Gasteiger partial charge in [-0.3, -0.25) is 14.7 Å². The summed E-state index contributed by atoms with van der Waals surface area (Å²) in [6.45, 7) is 0.0721. The van der Waals surface area contributed by atoms with Gasteiger partial charge in [-0.15, -0.1) is 0 Å². The van der Waals surface area contributed by atoms with E-state index in [-0.39, 0.29) is 6.54 Å². The SMILES string of the molecule is O=C1C(=O)N(CC(O)CSc2ncn[nH]2)c2ccccc21. The molecule has 8 heteroatoms. The summed E-state index contributed by atoms with van der Waals surface area (Å²) < 4.78 is 0. The van der Waals surface area contributed by atoms with Gasteiger partial charge in [-0.05, 0) is 12.1 Å². The Morgan fingerprint density at radius 3 is 2.90 bits per heavy atom. The van der Waals surface area contributed by atoms with E-state index in [1.165, 1.54) is 23.0 Å². The van der Waals surface area contributed by atoms with Crippen molar-refractivity contribution in [3.63, 3.8) is 0 Å². The fraction of sp³-hybridized carbons (Fsp3) is 0.231. The number of aromatic amines is 1. The normalized spacial score (nSPS) is 15.4. The lowest BCUT2D eigenvalue weighted by Gasteiger charge is -2.19. The topological polar surface area (TPSA) is 99.2 Å². The number of hydrogen-bond donors (Lipinski definition) is 2. The lowest BCUT2D eigenvalue weighted by Crippen LogP contribution is -2.37. The molecule has 0 fully saturated rings. The predicted octanol–water partition coefficient (Wildman–Crippen LogP) is 0.487. The minimum absolute atomic E-state index is 0.0721. The fourth-order valence-corrected chi connectivity index (χ4v) is 2.83. The van der Waals surface area contributed by atoms with E-state index < -0.39 is 17.8 Å². The molecule has 2 N–H and O–H groups in total. The van der Waals surface area contributed by atoms with Crippen LogP contribution in [0.1, 0.15) is 10.4 Å². The molecule has 0 aliphatic carbocycles. The summed E-state index contributed by atoms with van der Waals surface area (Å²) in [5.74, 6) is -0.782. The number of fused-ring (bicyclic) bond motifs is 1. The lowest BCUT2D eigenvalue weighted by molar-refractivity contribution is -0.114. The molecule has 0 saturated carbocycles. The van der Waals surface area contributed by atoms with Crippen molar-refractivity contribution in [1.29, 1.82) is 0 Å². The lowest BCUT2D eigenvalue weighted by atomic mass is 10.1. The highest BCUT2D eigenvalue weighted by molar-refractivity contribution is 7.99. The van der Waals surface area contributed by atoms with Crippen molar-refractivity contribution in [1.82, 2.24) is 15.2 Å². The summed E-state index contributed by atoms with van der Waals surface area (Å²) in [6.07, 6.45) is 0.608. The average Bonchev–Trinajstić information content (AvgIpc) is 3.09. The van der Waals surface area contributed by atoms with Gasteiger partial charge in [-0.1, -0.05) is 23.9 Å². The van der Waals surface area contributed by atoms with E-state index in [0.717, 1.165) is 0 Å². The molecule has 1 aliphatic rings. The van der Waals surface area contributed by atoms with Crippen LogP contribution in [0.3, 0.4) is 0 Å². The van der Waals surface area contributed by atoms with E-state index >= 15 is 0 Å². The number of β-amino-alcohol motifs (C(OH)–C–C–N with tert-alkyl or cyclic N) is 1. The summed E-state index contributed by atoms with van der Waals surface area (Å²) in [4.78, 5) is 29.0. The van der Waals surface area contributed by atoms with Crippen molar-refractivity contribution in [3.05, 3.63) is 36.2 Å². The van der Waals surface area contributed by atoms with Crippen LogP contribution in [0, 0.1) is 0 Å². The first-order chi connectivity index (χ1) is 10.2. The van der Waals surface area contributed by atoms with Crippen molar-refractivity contribution < 1.29 is 14.7 Å². The summed E-state index contributed by atoms with van der Waals surface area (Å²) >= 11 is 1.30. The highest BCUT2D eigenvalue weighted by Crippen LogP contribution is 2.28. The number of carbonyl (C=O) groups is 2. The van der Waals surface area contributed by atoms with E-state index in [1.54, 1.807) is 24.3 Å². The van der Waals surface area contributed by atoms with Gasteiger partial charge in [-0.25, -0.2) is 4.98 Å². The molecule has 1 aromatic carbocycles. The Balaban J connectivity index is 1.67. The maximum absolute atomic E-state index is 12.0. The highest BCUT2D eigenvalue weighted by Gasteiger charge is 2.36. The monoisotopic (exact) mass is 304 g/mol. The second-order valence-corrected chi connectivity index (χ2v) is 5.53. The van der Waals surface area contributed by atoms with Crippen molar-refractivity contribution in [3.8, 4) is 0 Å². The van der Waals surface area contributed by atoms with E-state index in [2.05, 4.69) is 15.2 Å². The molecule has 0 spiro atoms. The fourth-order valence-electron chi connectivity index (χ4n) is 2.13. The number of rotatable bonds is 5. The first-order valence-electron chi connectivity index (χ1n) is 6.28. The molecule has 1 aromatic heterocycles. The zero-order valence-corrected chi connectivity index (χ0v) is 11.7. The predicted molar refractivity (Wildman–Crippen MR) is 76.2 cm³/mol. The van der Waals surface area contributed by atoms with Crippen molar-refractivity contribution in [2.24, 2.45) is 0 Å². The number of carbonyl (C=O) groups excluding carboxylic acids is 2. The largest absolute Gasteiger partial charge is 0.390 e. The number of para-hydroxylation sites is 1. The van der Waals surface area contributed by atoms with Crippen LogP contribution in [-0.4, -0.2) is 50.4 Å². The average molecular weight is 304 g/mol. The summed E-state index contributed by atoms with van der Waals surface area (Å²) in [6, 6.07) is 6.79. The summed E-state index contributed by atoms with van der Waals surface area (Å²) in [5, 5.41) is 17.0. The number of nitrogens with one attached hydrogen (secondary N) is 1. The Morgan fingerprint density at radius 2 is 2.14 bits per heavy atom. The Morgan fingerprint density at radius 1 is 1.33 bits per heavy atom. The van der Waals surface area contributed by atoms with Crippen LogP contribution >= 0.6 is 11.8 Å². The molecule has 1 atom stereocenters. The van der Waals surface area contributed by atoms with E-state index in [0.29, 0.717) is 22.2 Å². The number of H-pyrrole nitrogens is 1. The van der Waals surface area contributed by atoms with Gasteiger partial charge < -0.3 is 10.0 Å². The van der Waals surface area contributed by atoms with Crippen molar-refractivity contribution in [2.75, 3.05) is 17.2 Å².